The molecule has 0 spiro atoms. The molecule has 1 unspecified atom stereocenters. The van der Waals surface area contributed by atoms with Crippen molar-refractivity contribution in [3.05, 3.63) is 82.8 Å². The molecule has 2 aromatic heterocycles. The quantitative estimate of drug-likeness (QED) is 0.658. The van der Waals surface area contributed by atoms with Gasteiger partial charge in [-0.2, -0.15) is 5.26 Å². The predicted molar refractivity (Wildman–Crippen MR) is 109 cm³/mol. The van der Waals surface area contributed by atoms with E-state index in [9.17, 15) is 4.79 Å². The SMILES string of the molecule is CCN(C(=O)c1cc(C)n(-c2ccccn2)c1C)C(C)c1ccc(C#N)cc1. The first-order valence-electron chi connectivity index (χ1n) is 9.39. The average molecular weight is 372 g/mol. The Balaban J connectivity index is 1.94. The average Bonchev–Trinajstić information content (AvgIpc) is 3.03. The lowest BCUT2D eigenvalue weighted by atomic mass is 10.0. The molecule has 0 aliphatic carbocycles. The summed E-state index contributed by atoms with van der Waals surface area (Å²) in [4.78, 5) is 19.6. The van der Waals surface area contributed by atoms with Gasteiger partial charge in [0.15, 0.2) is 0 Å². The van der Waals surface area contributed by atoms with Crippen LogP contribution >= 0.6 is 0 Å². The number of rotatable bonds is 5. The van der Waals surface area contributed by atoms with Gasteiger partial charge in [0.2, 0.25) is 0 Å². The van der Waals surface area contributed by atoms with E-state index in [4.69, 9.17) is 5.26 Å². The number of carbonyl (C=O) groups excluding carboxylic acids is 1. The van der Waals surface area contributed by atoms with Crippen molar-refractivity contribution >= 4 is 5.91 Å². The fraction of sp³-hybridized carbons (Fsp3) is 0.261. The maximum Gasteiger partial charge on any atom is 0.256 e. The summed E-state index contributed by atoms with van der Waals surface area (Å²) in [7, 11) is 0. The third-order valence-corrected chi connectivity index (χ3v) is 5.13. The van der Waals surface area contributed by atoms with Gasteiger partial charge in [0.05, 0.1) is 23.2 Å². The molecule has 0 saturated heterocycles. The lowest BCUT2D eigenvalue weighted by molar-refractivity contribution is 0.0701. The highest BCUT2D eigenvalue weighted by Crippen LogP contribution is 2.26. The Kier molecular flexibility index (Phi) is 5.60. The minimum atomic E-state index is -0.0943. The number of aromatic nitrogens is 2. The molecule has 142 valence electrons. The summed E-state index contributed by atoms with van der Waals surface area (Å²) in [5.74, 6) is 0.800. The molecule has 0 N–H and O–H groups in total. The van der Waals surface area contributed by atoms with E-state index in [0.29, 0.717) is 17.7 Å². The van der Waals surface area contributed by atoms with E-state index in [-0.39, 0.29) is 11.9 Å². The Morgan fingerprint density at radius 2 is 1.93 bits per heavy atom. The molecule has 0 bridgehead atoms. The number of amides is 1. The first kappa shape index (κ1) is 19.4. The summed E-state index contributed by atoms with van der Waals surface area (Å²) in [5, 5.41) is 8.99. The second-order valence-electron chi connectivity index (χ2n) is 6.81. The molecule has 1 amide bonds. The van der Waals surface area contributed by atoms with Crippen LogP contribution in [0.2, 0.25) is 0 Å². The monoisotopic (exact) mass is 372 g/mol. The molecule has 1 aromatic carbocycles. The number of carbonyl (C=O) groups is 1. The Hall–Kier alpha value is -3.39. The van der Waals surface area contributed by atoms with E-state index in [1.54, 1.807) is 18.3 Å². The summed E-state index contributed by atoms with van der Waals surface area (Å²) in [6.07, 6.45) is 1.75. The summed E-state index contributed by atoms with van der Waals surface area (Å²) in [5.41, 5.74) is 4.16. The Bertz CT molecular complexity index is 1010. The van der Waals surface area contributed by atoms with Crippen molar-refractivity contribution in [2.24, 2.45) is 0 Å². The molecule has 0 aliphatic rings. The van der Waals surface area contributed by atoms with Crippen molar-refractivity contribution in [1.82, 2.24) is 14.5 Å². The number of nitriles is 1. The Labute approximate surface area is 165 Å². The Morgan fingerprint density at radius 1 is 1.21 bits per heavy atom. The minimum Gasteiger partial charge on any atom is -0.332 e. The third kappa shape index (κ3) is 3.54. The second-order valence-corrected chi connectivity index (χ2v) is 6.81. The van der Waals surface area contributed by atoms with Crippen LogP contribution in [0.15, 0.2) is 54.7 Å². The van der Waals surface area contributed by atoms with Gasteiger partial charge in [0.1, 0.15) is 5.82 Å². The van der Waals surface area contributed by atoms with E-state index in [1.165, 1.54) is 0 Å². The molecule has 1 atom stereocenters. The maximum atomic E-state index is 13.4. The van der Waals surface area contributed by atoms with E-state index in [2.05, 4.69) is 11.1 Å². The normalized spacial score (nSPS) is 11.7. The predicted octanol–water partition coefficient (Wildman–Crippen LogP) is 4.58. The molecule has 28 heavy (non-hydrogen) atoms. The molecule has 3 rings (SSSR count). The molecule has 0 radical (unpaired) electrons. The van der Waals surface area contributed by atoms with Crippen LogP contribution in [-0.4, -0.2) is 26.9 Å². The summed E-state index contributed by atoms with van der Waals surface area (Å²) in [6.45, 7) is 8.53. The number of benzene rings is 1. The zero-order valence-electron chi connectivity index (χ0n) is 16.7. The van der Waals surface area contributed by atoms with Crippen LogP contribution in [0, 0.1) is 25.2 Å². The molecule has 3 aromatic rings. The molecule has 0 aliphatic heterocycles. The zero-order valence-corrected chi connectivity index (χ0v) is 16.7. The van der Waals surface area contributed by atoms with Crippen molar-refractivity contribution in [2.75, 3.05) is 6.54 Å². The fourth-order valence-corrected chi connectivity index (χ4v) is 3.58. The number of nitrogens with zero attached hydrogens (tertiary/aromatic N) is 4. The van der Waals surface area contributed by atoms with E-state index in [0.717, 1.165) is 22.8 Å². The van der Waals surface area contributed by atoms with Crippen molar-refractivity contribution in [3.8, 4) is 11.9 Å². The smallest absolute Gasteiger partial charge is 0.256 e. The van der Waals surface area contributed by atoms with Crippen LogP contribution in [0.25, 0.3) is 5.82 Å². The molecule has 0 fully saturated rings. The summed E-state index contributed by atoms with van der Waals surface area (Å²) in [6, 6.07) is 17.1. The highest BCUT2D eigenvalue weighted by Gasteiger charge is 2.25. The fourth-order valence-electron chi connectivity index (χ4n) is 3.58. The first-order chi connectivity index (χ1) is 13.5. The molecule has 5 heteroatoms. The number of pyridine rings is 1. The van der Waals surface area contributed by atoms with Crippen LogP contribution in [0.4, 0.5) is 0 Å². The van der Waals surface area contributed by atoms with Crippen LogP contribution in [0.3, 0.4) is 0 Å². The second kappa shape index (κ2) is 8.10. The van der Waals surface area contributed by atoms with Gasteiger partial charge in [-0.25, -0.2) is 4.98 Å². The van der Waals surface area contributed by atoms with Crippen LogP contribution in [-0.2, 0) is 0 Å². The van der Waals surface area contributed by atoms with Crippen LogP contribution in [0.1, 0.15) is 52.8 Å². The summed E-state index contributed by atoms with van der Waals surface area (Å²) < 4.78 is 2.01. The minimum absolute atomic E-state index is 0.00496. The third-order valence-electron chi connectivity index (χ3n) is 5.13. The van der Waals surface area contributed by atoms with Gasteiger partial charge in [-0.1, -0.05) is 18.2 Å². The zero-order chi connectivity index (χ0) is 20.3. The van der Waals surface area contributed by atoms with Crippen molar-refractivity contribution in [1.29, 1.82) is 5.26 Å². The molecular formula is C23H24N4O. The molecule has 5 nitrogen and oxygen atoms in total. The van der Waals surface area contributed by atoms with Crippen molar-refractivity contribution < 1.29 is 4.79 Å². The van der Waals surface area contributed by atoms with Gasteiger partial charge in [-0.05, 0) is 63.6 Å². The molecule has 2 heterocycles. The first-order valence-corrected chi connectivity index (χ1v) is 9.39. The van der Waals surface area contributed by atoms with E-state index < -0.39 is 0 Å². The van der Waals surface area contributed by atoms with Gasteiger partial charge in [-0.15, -0.1) is 0 Å². The van der Waals surface area contributed by atoms with Gasteiger partial charge in [0.25, 0.3) is 5.91 Å². The highest BCUT2D eigenvalue weighted by molar-refractivity contribution is 5.96. The highest BCUT2D eigenvalue weighted by atomic mass is 16.2. The number of hydrogen-bond donors (Lipinski definition) is 0. The van der Waals surface area contributed by atoms with Crippen molar-refractivity contribution in [2.45, 2.75) is 33.7 Å². The van der Waals surface area contributed by atoms with E-state index >= 15 is 0 Å². The van der Waals surface area contributed by atoms with Gasteiger partial charge in [-0.3, -0.25) is 4.79 Å². The van der Waals surface area contributed by atoms with Gasteiger partial charge >= 0.3 is 0 Å². The molecular weight excluding hydrogens is 348 g/mol. The van der Waals surface area contributed by atoms with Crippen LogP contribution in [0.5, 0.6) is 0 Å². The summed E-state index contributed by atoms with van der Waals surface area (Å²) >= 11 is 0. The number of aryl methyl sites for hydroxylation is 1. The molecule has 0 saturated carbocycles. The largest absolute Gasteiger partial charge is 0.332 e. The lowest BCUT2D eigenvalue weighted by Crippen LogP contribution is -2.33. The maximum absolute atomic E-state index is 13.4. The van der Waals surface area contributed by atoms with Gasteiger partial charge < -0.3 is 9.47 Å². The van der Waals surface area contributed by atoms with E-state index in [1.807, 2.05) is 73.6 Å². The topological polar surface area (TPSA) is 61.9 Å². The van der Waals surface area contributed by atoms with Crippen molar-refractivity contribution in [3.63, 3.8) is 0 Å². The van der Waals surface area contributed by atoms with Gasteiger partial charge in [0, 0.05) is 24.1 Å². The Morgan fingerprint density at radius 3 is 2.50 bits per heavy atom. The number of hydrogen-bond acceptors (Lipinski definition) is 3. The lowest BCUT2D eigenvalue weighted by Gasteiger charge is -2.28. The standard InChI is InChI=1S/C23H24N4O/c1-5-26(17(3)20-11-9-19(15-24)10-12-20)23(28)21-14-16(2)27(18(21)4)22-8-6-7-13-25-22/h6-14,17H,5H2,1-4H3. The van der Waals surface area contributed by atoms with Crippen LogP contribution < -0.4 is 0 Å².